The van der Waals surface area contributed by atoms with E-state index in [-0.39, 0.29) is 5.79 Å². The largest absolute Gasteiger partial charge is 0.350 e. The molecule has 0 aromatic carbocycles. The summed E-state index contributed by atoms with van der Waals surface area (Å²) >= 11 is 0. The van der Waals surface area contributed by atoms with Crippen LogP contribution in [0.1, 0.15) is 13.8 Å². The van der Waals surface area contributed by atoms with Crippen LogP contribution in [0.25, 0.3) is 0 Å². The first-order chi connectivity index (χ1) is 5.14. The molecule has 1 heterocycles. The van der Waals surface area contributed by atoms with Gasteiger partial charge in [-0.3, -0.25) is 0 Å². The molecular formula is C8H17NO2. The Morgan fingerprint density at radius 2 is 1.91 bits per heavy atom. The standard InChI is InChI=1S/C8H17NO2/c1-8(2)10-5-7(4-9-3)6-11-8/h7,9H,4-6H2,1-3H3. The Balaban J connectivity index is 2.25. The van der Waals surface area contributed by atoms with Gasteiger partial charge in [-0.25, -0.2) is 0 Å². The van der Waals surface area contributed by atoms with E-state index in [1.807, 2.05) is 20.9 Å². The van der Waals surface area contributed by atoms with Crippen LogP contribution in [0, 0.1) is 5.92 Å². The van der Waals surface area contributed by atoms with Crippen LogP contribution in [0.15, 0.2) is 0 Å². The van der Waals surface area contributed by atoms with Gasteiger partial charge in [-0.2, -0.15) is 0 Å². The van der Waals surface area contributed by atoms with Gasteiger partial charge >= 0.3 is 0 Å². The molecule has 0 radical (unpaired) electrons. The summed E-state index contributed by atoms with van der Waals surface area (Å²) in [7, 11) is 1.94. The SMILES string of the molecule is CNCC1COC(C)(C)OC1. The number of hydrogen-bond donors (Lipinski definition) is 1. The summed E-state index contributed by atoms with van der Waals surface area (Å²) in [6.07, 6.45) is 0. The summed E-state index contributed by atoms with van der Waals surface area (Å²) in [6.45, 7) is 6.46. The van der Waals surface area contributed by atoms with Gasteiger partial charge in [0.1, 0.15) is 0 Å². The van der Waals surface area contributed by atoms with Crippen LogP contribution < -0.4 is 5.32 Å². The summed E-state index contributed by atoms with van der Waals surface area (Å²) < 4.78 is 10.9. The van der Waals surface area contributed by atoms with Gasteiger partial charge in [0, 0.05) is 12.5 Å². The van der Waals surface area contributed by atoms with Crippen molar-refractivity contribution in [1.82, 2.24) is 5.32 Å². The molecule has 0 bridgehead atoms. The summed E-state index contributed by atoms with van der Waals surface area (Å²) in [5.74, 6) is 0.137. The second kappa shape index (κ2) is 3.52. The van der Waals surface area contributed by atoms with Gasteiger partial charge in [0.05, 0.1) is 13.2 Å². The summed E-state index contributed by atoms with van der Waals surface area (Å²) in [6, 6.07) is 0. The molecule has 0 aliphatic carbocycles. The van der Waals surface area contributed by atoms with Crippen LogP contribution in [-0.4, -0.2) is 32.6 Å². The van der Waals surface area contributed by atoms with Crippen LogP contribution in [0.3, 0.4) is 0 Å². The maximum Gasteiger partial charge on any atom is 0.162 e. The van der Waals surface area contributed by atoms with Crippen molar-refractivity contribution in [3.05, 3.63) is 0 Å². The predicted molar refractivity (Wildman–Crippen MR) is 43.4 cm³/mol. The van der Waals surface area contributed by atoms with Crippen LogP contribution >= 0.6 is 0 Å². The van der Waals surface area contributed by atoms with E-state index in [1.54, 1.807) is 0 Å². The summed E-state index contributed by atoms with van der Waals surface area (Å²) in [5.41, 5.74) is 0. The van der Waals surface area contributed by atoms with Crippen molar-refractivity contribution >= 4 is 0 Å². The van der Waals surface area contributed by atoms with Crippen LogP contribution in [0.4, 0.5) is 0 Å². The molecule has 1 fully saturated rings. The molecule has 3 heteroatoms. The molecule has 0 aromatic rings. The normalized spacial score (nSPS) is 25.4. The highest BCUT2D eigenvalue weighted by atomic mass is 16.7. The minimum Gasteiger partial charge on any atom is -0.350 e. The number of nitrogens with one attached hydrogen (secondary N) is 1. The van der Waals surface area contributed by atoms with Crippen LogP contribution in [0.5, 0.6) is 0 Å². The zero-order chi connectivity index (χ0) is 8.32. The predicted octanol–water partition coefficient (Wildman–Crippen LogP) is 0.605. The summed E-state index contributed by atoms with van der Waals surface area (Å²) in [4.78, 5) is 0. The smallest absolute Gasteiger partial charge is 0.162 e. The van der Waals surface area contributed by atoms with Crippen molar-refractivity contribution in [2.75, 3.05) is 26.8 Å². The number of ether oxygens (including phenoxy) is 2. The molecule has 1 N–H and O–H groups in total. The van der Waals surface area contributed by atoms with Crippen molar-refractivity contribution < 1.29 is 9.47 Å². The lowest BCUT2D eigenvalue weighted by Gasteiger charge is -2.34. The molecule has 1 rings (SSSR count). The highest BCUT2D eigenvalue weighted by molar-refractivity contribution is 4.68. The molecule has 66 valence electrons. The molecule has 0 atom stereocenters. The van der Waals surface area contributed by atoms with Crippen molar-refractivity contribution in [1.29, 1.82) is 0 Å². The van der Waals surface area contributed by atoms with E-state index in [0.717, 1.165) is 19.8 Å². The zero-order valence-corrected chi connectivity index (χ0v) is 7.52. The minimum atomic E-state index is -0.371. The fourth-order valence-corrected chi connectivity index (χ4v) is 1.13. The molecule has 1 aliphatic heterocycles. The van der Waals surface area contributed by atoms with E-state index in [9.17, 15) is 0 Å². The van der Waals surface area contributed by atoms with Gasteiger partial charge in [-0.1, -0.05) is 0 Å². The third-order valence-corrected chi connectivity index (χ3v) is 1.83. The number of hydrogen-bond acceptors (Lipinski definition) is 3. The maximum absolute atomic E-state index is 5.47. The first-order valence-corrected chi connectivity index (χ1v) is 4.06. The van der Waals surface area contributed by atoms with E-state index in [2.05, 4.69) is 5.32 Å². The molecule has 0 saturated carbocycles. The number of rotatable bonds is 2. The Labute approximate surface area is 68.1 Å². The molecule has 1 aliphatic rings. The fourth-order valence-electron chi connectivity index (χ4n) is 1.13. The molecule has 0 aromatic heterocycles. The second-order valence-electron chi connectivity index (χ2n) is 3.45. The molecule has 1 saturated heterocycles. The molecule has 11 heavy (non-hydrogen) atoms. The molecule has 0 amide bonds. The summed E-state index contributed by atoms with van der Waals surface area (Å²) in [5, 5.41) is 3.10. The molecular weight excluding hydrogens is 142 g/mol. The average molecular weight is 159 g/mol. The van der Waals surface area contributed by atoms with E-state index >= 15 is 0 Å². The third-order valence-electron chi connectivity index (χ3n) is 1.83. The zero-order valence-electron chi connectivity index (χ0n) is 7.52. The van der Waals surface area contributed by atoms with Crippen LogP contribution in [-0.2, 0) is 9.47 Å². The van der Waals surface area contributed by atoms with Crippen molar-refractivity contribution in [3.8, 4) is 0 Å². The topological polar surface area (TPSA) is 30.5 Å². The quantitative estimate of drug-likeness (QED) is 0.640. The average Bonchev–Trinajstić information content (AvgIpc) is 1.94. The van der Waals surface area contributed by atoms with Gasteiger partial charge in [0.15, 0.2) is 5.79 Å². The molecule has 0 spiro atoms. The Morgan fingerprint density at radius 3 is 2.36 bits per heavy atom. The highest BCUT2D eigenvalue weighted by Gasteiger charge is 2.27. The van der Waals surface area contributed by atoms with Crippen molar-refractivity contribution in [2.45, 2.75) is 19.6 Å². The Hall–Kier alpha value is -0.120. The lowest BCUT2D eigenvalue weighted by molar-refractivity contribution is -0.261. The van der Waals surface area contributed by atoms with Gasteiger partial charge < -0.3 is 14.8 Å². The molecule has 0 unspecified atom stereocenters. The highest BCUT2D eigenvalue weighted by Crippen LogP contribution is 2.19. The molecule has 3 nitrogen and oxygen atoms in total. The first-order valence-electron chi connectivity index (χ1n) is 4.06. The van der Waals surface area contributed by atoms with Crippen LogP contribution in [0.2, 0.25) is 0 Å². The van der Waals surface area contributed by atoms with Gasteiger partial charge in [-0.05, 0) is 20.9 Å². The Morgan fingerprint density at radius 1 is 1.36 bits per heavy atom. The fraction of sp³-hybridized carbons (Fsp3) is 1.00. The van der Waals surface area contributed by atoms with E-state index < -0.39 is 0 Å². The minimum absolute atomic E-state index is 0.371. The lowest BCUT2D eigenvalue weighted by atomic mass is 10.1. The maximum atomic E-state index is 5.47. The van der Waals surface area contributed by atoms with E-state index in [1.165, 1.54) is 0 Å². The van der Waals surface area contributed by atoms with Gasteiger partial charge in [0.25, 0.3) is 0 Å². The van der Waals surface area contributed by atoms with Gasteiger partial charge in [-0.15, -0.1) is 0 Å². The monoisotopic (exact) mass is 159 g/mol. The Bertz CT molecular complexity index is 115. The second-order valence-corrected chi connectivity index (χ2v) is 3.45. The van der Waals surface area contributed by atoms with Crippen molar-refractivity contribution in [2.24, 2.45) is 5.92 Å². The van der Waals surface area contributed by atoms with Crippen molar-refractivity contribution in [3.63, 3.8) is 0 Å². The van der Waals surface area contributed by atoms with Gasteiger partial charge in [0.2, 0.25) is 0 Å². The third kappa shape index (κ3) is 2.77. The Kier molecular flexibility index (Phi) is 2.87. The first kappa shape index (κ1) is 8.97. The van der Waals surface area contributed by atoms with E-state index in [0.29, 0.717) is 5.92 Å². The lowest BCUT2D eigenvalue weighted by Crippen LogP contribution is -2.42. The van der Waals surface area contributed by atoms with E-state index in [4.69, 9.17) is 9.47 Å².